The highest BCUT2D eigenvalue weighted by atomic mass is 32.1. The van der Waals surface area contributed by atoms with Crippen LogP contribution in [0.1, 0.15) is 15.2 Å². The Morgan fingerprint density at radius 2 is 1.82 bits per heavy atom. The summed E-state index contributed by atoms with van der Waals surface area (Å²) in [5.41, 5.74) is 2.37. The zero-order valence-electron chi connectivity index (χ0n) is 15.0. The van der Waals surface area contributed by atoms with Crippen molar-refractivity contribution in [1.29, 1.82) is 0 Å². The molecular formula is C21H19N3O3S. The van der Waals surface area contributed by atoms with Crippen LogP contribution < -0.4 is 20.7 Å². The van der Waals surface area contributed by atoms with E-state index in [2.05, 4.69) is 16.0 Å². The largest absolute Gasteiger partial charge is 0.488 e. The third-order valence-electron chi connectivity index (χ3n) is 4.33. The van der Waals surface area contributed by atoms with Crippen LogP contribution in [0.15, 0.2) is 66.0 Å². The third-order valence-corrected chi connectivity index (χ3v) is 5.20. The number of urea groups is 1. The van der Waals surface area contributed by atoms with E-state index in [0.717, 1.165) is 17.7 Å². The highest BCUT2D eigenvalue weighted by Gasteiger charge is 2.22. The van der Waals surface area contributed by atoms with Gasteiger partial charge in [-0.25, -0.2) is 4.79 Å². The molecule has 1 aromatic heterocycles. The number of ether oxygens (including phenoxy) is 1. The molecule has 2 heterocycles. The highest BCUT2D eigenvalue weighted by molar-refractivity contribution is 7.12. The number of carbonyl (C=O) groups excluding carboxylic acids is 2. The maximum Gasteiger partial charge on any atom is 0.319 e. The van der Waals surface area contributed by atoms with E-state index in [9.17, 15) is 9.59 Å². The summed E-state index contributed by atoms with van der Waals surface area (Å²) in [5.74, 6) is 0.707. The number of fused-ring (bicyclic) bond motifs is 1. The first-order chi connectivity index (χ1) is 13.7. The van der Waals surface area contributed by atoms with Gasteiger partial charge in [0.2, 0.25) is 0 Å². The molecule has 0 saturated carbocycles. The summed E-state index contributed by atoms with van der Waals surface area (Å²) in [7, 11) is 0. The second kappa shape index (κ2) is 8.14. The van der Waals surface area contributed by atoms with Crippen LogP contribution in [-0.4, -0.2) is 24.6 Å². The maximum absolute atomic E-state index is 12.2. The summed E-state index contributed by atoms with van der Waals surface area (Å²) in [6.45, 7) is 0.412. The van der Waals surface area contributed by atoms with Gasteiger partial charge in [0.05, 0.1) is 11.4 Å². The van der Waals surface area contributed by atoms with E-state index in [0.29, 0.717) is 22.8 Å². The molecule has 6 nitrogen and oxygen atoms in total. The van der Waals surface area contributed by atoms with E-state index in [1.54, 1.807) is 30.3 Å². The average molecular weight is 393 g/mol. The van der Waals surface area contributed by atoms with Crippen molar-refractivity contribution in [3.63, 3.8) is 0 Å². The fraction of sp³-hybridized carbons (Fsp3) is 0.143. The van der Waals surface area contributed by atoms with Crippen molar-refractivity contribution >= 4 is 34.6 Å². The molecule has 1 aliphatic rings. The normalized spacial score (nSPS) is 14.6. The summed E-state index contributed by atoms with van der Waals surface area (Å²) in [5, 5.41) is 10.3. The Balaban J connectivity index is 1.28. The van der Waals surface area contributed by atoms with Gasteiger partial charge in [0.25, 0.3) is 5.91 Å². The Hall–Kier alpha value is -3.32. The molecule has 0 bridgehead atoms. The zero-order chi connectivity index (χ0) is 19.3. The first-order valence-electron chi connectivity index (χ1n) is 8.92. The SMILES string of the molecule is O=C(NCC1Cc2ccccc2O1)Nc1cccc(NC(=O)c2cccs2)c1. The van der Waals surface area contributed by atoms with Gasteiger partial charge < -0.3 is 20.7 Å². The van der Waals surface area contributed by atoms with Crippen LogP contribution in [0.4, 0.5) is 16.2 Å². The lowest BCUT2D eigenvalue weighted by atomic mass is 10.1. The third kappa shape index (κ3) is 4.32. The molecule has 3 N–H and O–H groups in total. The molecule has 2 aromatic carbocycles. The standard InChI is InChI=1S/C21H19N3O3S/c25-20(19-9-4-10-28-19)23-15-6-3-7-16(12-15)24-21(26)22-13-17-11-14-5-1-2-8-18(14)27-17/h1-10,12,17H,11,13H2,(H,23,25)(H2,22,24,26). The molecule has 0 aliphatic carbocycles. The lowest BCUT2D eigenvalue weighted by Gasteiger charge is -2.13. The molecule has 1 atom stereocenters. The number of amides is 3. The Bertz CT molecular complexity index is 963. The quantitative estimate of drug-likeness (QED) is 0.610. The van der Waals surface area contributed by atoms with Gasteiger partial charge in [-0.15, -0.1) is 11.3 Å². The molecule has 0 radical (unpaired) electrons. The summed E-state index contributed by atoms with van der Waals surface area (Å²) >= 11 is 1.38. The minimum Gasteiger partial charge on any atom is -0.488 e. The number of thiophene rings is 1. The number of rotatable bonds is 5. The van der Waals surface area contributed by atoms with Gasteiger partial charge in [-0.05, 0) is 41.3 Å². The second-order valence-electron chi connectivity index (χ2n) is 6.40. The maximum atomic E-state index is 12.2. The van der Waals surface area contributed by atoms with Crippen molar-refractivity contribution in [2.24, 2.45) is 0 Å². The van der Waals surface area contributed by atoms with Gasteiger partial charge >= 0.3 is 6.03 Å². The molecule has 0 saturated heterocycles. The van der Waals surface area contributed by atoms with Crippen LogP contribution in [-0.2, 0) is 6.42 Å². The molecule has 3 aromatic rings. The molecule has 0 fully saturated rings. The average Bonchev–Trinajstić information content (AvgIpc) is 3.36. The molecule has 28 heavy (non-hydrogen) atoms. The molecule has 1 aliphatic heterocycles. The number of hydrogen-bond donors (Lipinski definition) is 3. The summed E-state index contributed by atoms with van der Waals surface area (Å²) in [4.78, 5) is 25.0. The Morgan fingerprint density at radius 1 is 1.00 bits per heavy atom. The minimum absolute atomic E-state index is 0.0698. The molecule has 3 amide bonds. The molecule has 4 rings (SSSR count). The number of para-hydroxylation sites is 1. The molecular weight excluding hydrogens is 374 g/mol. The monoisotopic (exact) mass is 393 g/mol. The lowest BCUT2D eigenvalue weighted by Crippen LogP contribution is -2.37. The minimum atomic E-state index is -0.318. The van der Waals surface area contributed by atoms with Crippen molar-refractivity contribution in [2.75, 3.05) is 17.2 Å². The zero-order valence-corrected chi connectivity index (χ0v) is 15.8. The van der Waals surface area contributed by atoms with Crippen LogP contribution in [0, 0.1) is 0 Å². The summed E-state index contributed by atoms with van der Waals surface area (Å²) in [6.07, 6.45) is 0.709. The van der Waals surface area contributed by atoms with Crippen LogP contribution in [0.3, 0.4) is 0 Å². The molecule has 1 unspecified atom stereocenters. The predicted molar refractivity (Wildman–Crippen MR) is 110 cm³/mol. The number of hydrogen-bond acceptors (Lipinski definition) is 4. The number of carbonyl (C=O) groups is 2. The van der Waals surface area contributed by atoms with Crippen LogP contribution in [0.2, 0.25) is 0 Å². The van der Waals surface area contributed by atoms with E-state index >= 15 is 0 Å². The van der Waals surface area contributed by atoms with Crippen molar-refractivity contribution in [3.05, 3.63) is 76.5 Å². The Kier molecular flexibility index (Phi) is 5.25. The van der Waals surface area contributed by atoms with E-state index in [1.165, 1.54) is 11.3 Å². The van der Waals surface area contributed by atoms with E-state index < -0.39 is 0 Å². The van der Waals surface area contributed by atoms with Gasteiger partial charge in [-0.2, -0.15) is 0 Å². The molecule has 142 valence electrons. The van der Waals surface area contributed by atoms with Crippen LogP contribution in [0.25, 0.3) is 0 Å². The molecule has 0 spiro atoms. The van der Waals surface area contributed by atoms with Crippen molar-refractivity contribution in [2.45, 2.75) is 12.5 Å². The van der Waals surface area contributed by atoms with E-state index in [-0.39, 0.29) is 18.0 Å². The molecule has 7 heteroatoms. The fourth-order valence-corrected chi connectivity index (χ4v) is 3.64. The Morgan fingerprint density at radius 3 is 2.61 bits per heavy atom. The van der Waals surface area contributed by atoms with Crippen molar-refractivity contribution in [3.8, 4) is 5.75 Å². The van der Waals surface area contributed by atoms with Gasteiger partial charge in [0.15, 0.2) is 0 Å². The van der Waals surface area contributed by atoms with Crippen molar-refractivity contribution in [1.82, 2.24) is 5.32 Å². The van der Waals surface area contributed by atoms with Crippen LogP contribution >= 0.6 is 11.3 Å². The van der Waals surface area contributed by atoms with Gasteiger partial charge in [-0.1, -0.05) is 30.3 Å². The van der Waals surface area contributed by atoms with Gasteiger partial charge in [-0.3, -0.25) is 4.79 Å². The van der Waals surface area contributed by atoms with Crippen molar-refractivity contribution < 1.29 is 14.3 Å². The van der Waals surface area contributed by atoms with Gasteiger partial charge in [0.1, 0.15) is 11.9 Å². The van der Waals surface area contributed by atoms with E-state index in [4.69, 9.17) is 4.74 Å². The second-order valence-corrected chi connectivity index (χ2v) is 7.35. The Labute approximate surface area is 166 Å². The fourth-order valence-electron chi connectivity index (χ4n) is 3.02. The first-order valence-corrected chi connectivity index (χ1v) is 9.80. The number of benzene rings is 2. The smallest absolute Gasteiger partial charge is 0.319 e. The number of anilines is 2. The topological polar surface area (TPSA) is 79.5 Å². The predicted octanol–water partition coefficient (Wildman–Crippen LogP) is 4.13. The van der Waals surface area contributed by atoms with Crippen LogP contribution in [0.5, 0.6) is 5.75 Å². The highest BCUT2D eigenvalue weighted by Crippen LogP contribution is 2.27. The number of nitrogens with one attached hydrogen (secondary N) is 3. The van der Waals surface area contributed by atoms with E-state index in [1.807, 2.05) is 35.7 Å². The van der Waals surface area contributed by atoms with Gasteiger partial charge in [0, 0.05) is 17.8 Å². The summed E-state index contributed by atoms with van der Waals surface area (Å²) in [6, 6.07) is 18.2. The first kappa shape index (κ1) is 18.1. The summed E-state index contributed by atoms with van der Waals surface area (Å²) < 4.78 is 5.82. The lowest BCUT2D eigenvalue weighted by molar-refractivity contribution is 0.103.